The molecule has 0 heterocycles. The van der Waals surface area contributed by atoms with Crippen LogP contribution in [0.2, 0.25) is 0 Å². The first-order chi connectivity index (χ1) is 4.72. The van der Waals surface area contributed by atoms with Gasteiger partial charge in [0.2, 0.25) is 0 Å². The number of aliphatic hydroxyl groups excluding tert-OH is 1. The van der Waals surface area contributed by atoms with E-state index in [2.05, 4.69) is 0 Å². The van der Waals surface area contributed by atoms with E-state index < -0.39 is 6.10 Å². The quantitative estimate of drug-likeness (QED) is 0.578. The van der Waals surface area contributed by atoms with Gasteiger partial charge in [-0.25, -0.2) is 0 Å². The highest BCUT2D eigenvalue weighted by Crippen LogP contribution is 2.11. The Morgan fingerprint density at radius 1 is 1.60 bits per heavy atom. The highest BCUT2D eigenvalue weighted by atomic mass is 16.3. The Balaban J connectivity index is 2.70. The van der Waals surface area contributed by atoms with Gasteiger partial charge in [0.15, 0.2) is 5.78 Å². The molecule has 0 saturated heterocycles. The highest BCUT2D eigenvalue weighted by Gasteiger charge is 2.19. The minimum absolute atomic E-state index is 0.0162. The lowest BCUT2D eigenvalue weighted by molar-refractivity contribution is -0.119. The predicted molar refractivity (Wildman–Crippen MR) is 38.5 cm³/mol. The standard InChI is InChI=1S/C8H10O2/c1-6(9)7-4-2-3-5-8(7)10/h2-7,9H,1H3. The predicted octanol–water partition coefficient (Wildman–Crippen LogP) is 0.678. The maximum Gasteiger partial charge on any atom is 0.165 e. The zero-order valence-corrected chi connectivity index (χ0v) is 5.82. The maximum absolute atomic E-state index is 10.9. The fourth-order valence-electron chi connectivity index (χ4n) is 0.939. The van der Waals surface area contributed by atoms with Crippen molar-refractivity contribution in [3.63, 3.8) is 0 Å². The molecule has 0 aliphatic heterocycles. The van der Waals surface area contributed by atoms with Crippen molar-refractivity contribution in [1.82, 2.24) is 0 Å². The van der Waals surface area contributed by atoms with Crippen molar-refractivity contribution >= 4 is 5.78 Å². The summed E-state index contributed by atoms with van der Waals surface area (Å²) in [6.07, 6.45) is 6.08. The van der Waals surface area contributed by atoms with Crippen LogP contribution < -0.4 is 0 Å². The Bertz CT molecular complexity index is 189. The minimum Gasteiger partial charge on any atom is -0.392 e. The molecule has 10 heavy (non-hydrogen) atoms. The lowest BCUT2D eigenvalue weighted by Crippen LogP contribution is -2.23. The van der Waals surface area contributed by atoms with Crippen molar-refractivity contribution < 1.29 is 9.90 Å². The summed E-state index contributed by atoms with van der Waals surface area (Å²) in [6, 6.07) is 0. The van der Waals surface area contributed by atoms with Crippen molar-refractivity contribution in [1.29, 1.82) is 0 Å². The van der Waals surface area contributed by atoms with Crippen molar-refractivity contribution in [2.24, 2.45) is 5.92 Å². The average molecular weight is 138 g/mol. The van der Waals surface area contributed by atoms with Gasteiger partial charge < -0.3 is 5.11 Å². The van der Waals surface area contributed by atoms with Gasteiger partial charge in [0.25, 0.3) is 0 Å². The number of hydrogen-bond donors (Lipinski definition) is 1. The molecule has 0 aromatic rings. The first kappa shape index (κ1) is 7.22. The molecular weight excluding hydrogens is 128 g/mol. The van der Waals surface area contributed by atoms with Crippen LogP contribution in [-0.4, -0.2) is 17.0 Å². The fourth-order valence-corrected chi connectivity index (χ4v) is 0.939. The summed E-state index contributed by atoms with van der Waals surface area (Å²) in [7, 11) is 0. The monoisotopic (exact) mass is 138 g/mol. The second kappa shape index (κ2) is 2.80. The van der Waals surface area contributed by atoms with Crippen molar-refractivity contribution in [2.45, 2.75) is 13.0 Å². The Morgan fingerprint density at radius 3 is 2.70 bits per heavy atom. The highest BCUT2D eigenvalue weighted by molar-refractivity contribution is 5.94. The summed E-state index contributed by atoms with van der Waals surface area (Å²) in [6.45, 7) is 1.62. The van der Waals surface area contributed by atoms with Gasteiger partial charge in [-0.3, -0.25) is 4.79 Å². The summed E-state index contributed by atoms with van der Waals surface area (Å²) in [5.41, 5.74) is 0. The molecule has 1 aliphatic carbocycles. The van der Waals surface area contributed by atoms with Crippen molar-refractivity contribution in [2.75, 3.05) is 0 Å². The van der Waals surface area contributed by atoms with Crippen LogP contribution in [0, 0.1) is 5.92 Å². The van der Waals surface area contributed by atoms with E-state index in [0.717, 1.165) is 0 Å². The zero-order chi connectivity index (χ0) is 7.56. The third kappa shape index (κ3) is 1.33. The molecule has 2 heteroatoms. The topological polar surface area (TPSA) is 37.3 Å². The molecule has 0 fully saturated rings. The fraction of sp³-hybridized carbons (Fsp3) is 0.375. The first-order valence-corrected chi connectivity index (χ1v) is 3.28. The van der Waals surface area contributed by atoms with Gasteiger partial charge >= 0.3 is 0 Å². The van der Waals surface area contributed by atoms with Crippen LogP contribution >= 0.6 is 0 Å². The molecule has 0 amide bonds. The lowest BCUT2D eigenvalue weighted by Gasteiger charge is -2.13. The van der Waals surface area contributed by atoms with Crippen LogP contribution in [0.5, 0.6) is 0 Å². The number of allylic oxidation sites excluding steroid dienone is 3. The number of carbonyl (C=O) groups is 1. The molecule has 2 atom stereocenters. The zero-order valence-electron chi connectivity index (χ0n) is 5.82. The van der Waals surface area contributed by atoms with Crippen LogP contribution in [0.4, 0.5) is 0 Å². The largest absolute Gasteiger partial charge is 0.392 e. The van der Waals surface area contributed by atoms with E-state index in [4.69, 9.17) is 5.11 Å². The molecule has 2 nitrogen and oxygen atoms in total. The average Bonchev–Trinajstić information content (AvgIpc) is 1.88. The van der Waals surface area contributed by atoms with E-state index >= 15 is 0 Å². The van der Waals surface area contributed by atoms with Crippen LogP contribution in [-0.2, 0) is 4.79 Å². The van der Waals surface area contributed by atoms with Crippen LogP contribution in [0.25, 0.3) is 0 Å². The summed E-state index contributed by atoms with van der Waals surface area (Å²) in [5.74, 6) is -0.345. The summed E-state index contributed by atoms with van der Waals surface area (Å²) < 4.78 is 0. The molecule has 0 aromatic heterocycles. The normalized spacial score (nSPS) is 27.0. The molecule has 2 unspecified atom stereocenters. The smallest absolute Gasteiger partial charge is 0.165 e. The molecule has 1 aliphatic rings. The van der Waals surface area contributed by atoms with E-state index in [0.29, 0.717) is 0 Å². The van der Waals surface area contributed by atoms with Gasteiger partial charge in [-0.2, -0.15) is 0 Å². The lowest BCUT2D eigenvalue weighted by atomic mass is 9.95. The van der Waals surface area contributed by atoms with Crippen molar-refractivity contribution in [3.05, 3.63) is 24.3 Å². The molecule has 0 radical (unpaired) electrons. The maximum atomic E-state index is 10.9. The second-order valence-electron chi connectivity index (χ2n) is 2.41. The van der Waals surface area contributed by atoms with Crippen LogP contribution in [0.1, 0.15) is 6.92 Å². The van der Waals surface area contributed by atoms with Crippen LogP contribution in [0.3, 0.4) is 0 Å². The molecule has 0 aromatic carbocycles. The van der Waals surface area contributed by atoms with Gasteiger partial charge in [-0.15, -0.1) is 0 Å². The number of ketones is 1. The molecule has 1 N–H and O–H groups in total. The molecule has 54 valence electrons. The van der Waals surface area contributed by atoms with Gasteiger partial charge in [0.05, 0.1) is 12.0 Å². The summed E-state index contributed by atoms with van der Waals surface area (Å²) >= 11 is 0. The van der Waals surface area contributed by atoms with E-state index in [1.807, 2.05) is 0 Å². The Morgan fingerprint density at radius 2 is 2.30 bits per heavy atom. The first-order valence-electron chi connectivity index (χ1n) is 3.28. The Labute approximate surface area is 59.9 Å². The van der Waals surface area contributed by atoms with E-state index in [9.17, 15) is 4.79 Å². The number of aliphatic hydroxyl groups is 1. The molecule has 0 bridgehead atoms. The summed E-state index contributed by atoms with van der Waals surface area (Å²) in [5, 5.41) is 9.04. The Kier molecular flexibility index (Phi) is 2.02. The summed E-state index contributed by atoms with van der Waals surface area (Å²) in [4.78, 5) is 10.9. The number of hydrogen-bond acceptors (Lipinski definition) is 2. The number of rotatable bonds is 1. The molecule has 0 spiro atoms. The molecule has 0 saturated carbocycles. The van der Waals surface area contributed by atoms with Gasteiger partial charge in [0, 0.05) is 0 Å². The van der Waals surface area contributed by atoms with Crippen molar-refractivity contribution in [3.8, 4) is 0 Å². The number of carbonyl (C=O) groups excluding carboxylic acids is 1. The van der Waals surface area contributed by atoms with Crippen LogP contribution in [0.15, 0.2) is 24.3 Å². The molecule has 1 rings (SSSR count). The minimum atomic E-state index is -0.575. The third-order valence-electron chi connectivity index (χ3n) is 1.54. The Hall–Kier alpha value is -0.890. The van der Waals surface area contributed by atoms with Gasteiger partial charge in [0.1, 0.15) is 0 Å². The third-order valence-corrected chi connectivity index (χ3v) is 1.54. The second-order valence-corrected chi connectivity index (χ2v) is 2.41. The van der Waals surface area contributed by atoms with E-state index in [1.54, 1.807) is 25.2 Å². The van der Waals surface area contributed by atoms with E-state index in [-0.39, 0.29) is 11.7 Å². The SMILES string of the molecule is CC(O)C1C=CC=CC1=O. The molecular formula is C8H10O2. The van der Waals surface area contributed by atoms with E-state index in [1.165, 1.54) is 6.08 Å². The van der Waals surface area contributed by atoms with Gasteiger partial charge in [-0.1, -0.05) is 18.2 Å². The van der Waals surface area contributed by atoms with Gasteiger partial charge in [-0.05, 0) is 13.0 Å².